The zero-order valence-electron chi connectivity index (χ0n) is 11.4. The first kappa shape index (κ1) is 13.6. The third-order valence-electron chi connectivity index (χ3n) is 4.20. The maximum atomic E-state index is 12.6. The Hall–Kier alpha value is -1.36. The predicted octanol–water partition coefficient (Wildman–Crippen LogP) is 2.20. The van der Waals surface area contributed by atoms with Crippen molar-refractivity contribution in [1.82, 2.24) is 9.80 Å². The molecule has 1 aromatic carbocycles. The van der Waals surface area contributed by atoms with E-state index in [-0.39, 0.29) is 17.9 Å². The molecule has 106 valence electrons. The molecule has 5 heteroatoms. The van der Waals surface area contributed by atoms with Gasteiger partial charge in [-0.1, -0.05) is 12.1 Å². The van der Waals surface area contributed by atoms with Gasteiger partial charge in [0.25, 0.3) is 5.91 Å². The van der Waals surface area contributed by atoms with E-state index in [9.17, 15) is 9.59 Å². The molecule has 2 aliphatic heterocycles. The smallest absolute Gasteiger partial charge is 0.255 e. The van der Waals surface area contributed by atoms with Crippen LogP contribution in [0.2, 0.25) is 0 Å². The van der Waals surface area contributed by atoms with Gasteiger partial charge in [0.1, 0.15) is 0 Å². The van der Waals surface area contributed by atoms with Crippen molar-refractivity contribution in [3.63, 3.8) is 0 Å². The molecular weight excluding hydrogens is 320 g/mol. The predicted molar refractivity (Wildman–Crippen MR) is 79.5 cm³/mol. The molecule has 2 saturated heterocycles. The maximum absolute atomic E-state index is 12.6. The lowest BCUT2D eigenvalue weighted by atomic mass is 10.1. The van der Waals surface area contributed by atoms with E-state index in [1.165, 1.54) is 0 Å². The van der Waals surface area contributed by atoms with E-state index in [1.54, 1.807) is 0 Å². The summed E-state index contributed by atoms with van der Waals surface area (Å²) in [5, 5.41) is 0. The van der Waals surface area contributed by atoms with Crippen LogP contribution in [0, 0.1) is 6.92 Å². The molecule has 4 nitrogen and oxygen atoms in total. The number of carbonyl (C=O) groups is 2. The Morgan fingerprint density at radius 1 is 1.35 bits per heavy atom. The molecule has 0 saturated carbocycles. The van der Waals surface area contributed by atoms with Gasteiger partial charge >= 0.3 is 0 Å². The fraction of sp³-hybridized carbons (Fsp3) is 0.467. The van der Waals surface area contributed by atoms with Gasteiger partial charge < -0.3 is 9.80 Å². The van der Waals surface area contributed by atoms with Crippen molar-refractivity contribution >= 4 is 27.7 Å². The maximum Gasteiger partial charge on any atom is 0.255 e. The van der Waals surface area contributed by atoms with E-state index in [0.29, 0.717) is 31.6 Å². The van der Waals surface area contributed by atoms with Crippen LogP contribution in [0.25, 0.3) is 0 Å². The zero-order valence-corrected chi connectivity index (χ0v) is 13.0. The van der Waals surface area contributed by atoms with Crippen LogP contribution in [0.1, 0.15) is 28.8 Å². The molecule has 1 atom stereocenters. The van der Waals surface area contributed by atoms with Gasteiger partial charge in [-0.2, -0.15) is 0 Å². The summed E-state index contributed by atoms with van der Waals surface area (Å²) in [5.74, 6) is 0.290. The number of fused-ring (bicyclic) bond motifs is 1. The summed E-state index contributed by atoms with van der Waals surface area (Å²) in [6.45, 7) is 3.93. The Bertz CT molecular complexity index is 573. The third kappa shape index (κ3) is 2.24. The van der Waals surface area contributed by atoms with E-state index in [1.807, 2.05) is 34.9 Å². The summed E-state index contributed by atoms with van der Waals surface area (Å²) >= 11 is 3.50. The van der Waals surface area contributed by atoms with Gasteiger partial charge in [0.15, 0.2) is 0 Å². The topological polar surface area (TPSA) is 40.6 Å². The van der Waals surface area contributed by atoms with Crippen molar-refractivity contribution in [2.75, 3.05) is 19.6 Å². The average Bonchev–Trinajstić information content (AvgIpc) is 2.82. The first-order valence-electron chi connectivity index (χ1n) is 6.92. The number of piperazine rings is 1. The molecule has 0 aromatic heterocycles. The Balaban J connectivity index is 1.79. The molecule has 3 rings (SSSR count). The lowest BCUT2D eigenvalue weighted by Crippen LogP contribution is -2.53. The summed E-state index contributed by atoms with van der Waals surface area (Å²) in [5.41, 5.74) is 1.77. The molecule has 0 radical (unpaired) electrons. The Morgan fingerprint density at radius 3 is 2.95 bits per heavy atom. The van der Waals surface area contributed by atoms with Gasteiger partial charge in [0.05, 0.1) is 5.56 Å². The summed E-state index contributed by atoms with van der Waals surface area (Å²) in [7, 11) is 0. The second-order valence-corrected chi connectivity index (χ2v) is 6.26. The highest BCUT2D eigenvalue weighted by Crippen LogP contribution is 2.26. The summed E-state index contributed by atoms with van der Waals surface area (Å²) < 4.78 is 0.870. The molecule has 0 aliphatic carbocycles. The van der Waals surface area contributed by atoms with Gasteiger partial charge in [-0.15, -0.1) is 0 Å². The lowest BCUT2D eigenvalue weighted by molar-refractivity contribution is -0.130. The van der Waals surface area contributed by atoms with Gasteiger partial charge in [0, 0.05) is 36.6 Å². The number of carbonyl (C=O) groups excluding carboxylic acids is 2. The zero-order chi connectivity index (χ0) is 14.3. The quantitative estimate of drug-likeness (QED) is 0.788. The van der Waals surface area contributed by atoms with Crippen molar-refractivity contribution < 1.29 is 9.59 Å². The van der Waals surface area contributed by atoms with Gasteiger partial charge in [-0.3, -0.25) is 9.59 Å². The fourth-order valence-electron chi connectivity index (χ4n) is 3.03. The van der Waals surface area contributed by atoms with Crippen LogP contribution in [-0.4, -0.2) is 47.3 Å². The largest absolute Gasteiger partial charge is 0.336 e. The molecular formula is C15H17BrN2O2. The molecule has 2 aliphatic rings. The van der Waals surface area contributed by atoms with Crippen molar-refractivity contribution in [2.45, 2.75) is 25.8 Å². The number of amides is 2. The molecule has 1 aromatic rings. The standard InChI is InChI=1S/C15H17BrN2O2/c1-10-3-2-4-12(14(10)16)15(20)17-7-8-18-11(9-17)5-6-13(18)19/h2-4,11H,5-9H2,1H3. The number of hydrogen-bond donors (Lipinski definition) is 0. The molecule has 2 amide bonds. The Kier molecular flexibility index (Phi) is 3.54. The van der Waals surface area contributed by atoms with Crippen LogP contribution in [0.3, 0.4) is 0 Å². The van der Waals surface area contributed by atoms with E-state index in [4.69, 9.17) is 0 Å². The fourth-order valence-corrected chi connectivity index (χ4v) is 3.47. The highest BCUT2D eigenvalue weighted by molar-refractivity contribution is 9.10. The molecule has 1 unspecified atom stereocenters. The number of hydrogen-bond acceptors (Lipinski definition) is 2. The second kappa shape index (κ2) is 5.20. The van der Waals surface area contributed by atoms with Crippen molar-refractivity contribution in [3.8, 4) is 0 Å². The molecule has 2 heterocycles. The van der Waals surface area contributed by atoms with Crippen LogP contribution in [0.4, 0.5) is 0 Å². The summed E-state index contributed by atoms with van der Waals surface area (Å²) in [6.07, 6.45) is 1.50. The number of rotatable bonds is 1. The van der Waals surface area contributed by atoms with Crippen LogP contribution in [-0.2, 0) is 4.79 Å². The molecule has 0 N–H and O–H groups in total. The lowest BCUT2D eigenvalue weighted by Gasteiger charge is -2.37. The number of aryl methyl sites for hydroxylation is 1. The molecule has 20 heavy (non-hydrogen) atoms. The van der Waals surface area contributed by atoms with E-state index >= 15 is 0 Å². The minimum Gasteiger partial charge on any atom is -0.336 e. The minimum atomic E-state index is 0.0552. The van der Waals surface area contributed by atoms with Crippen molar-refractivity contribution in [1.29, 1.82) is 0 Å². The summed E-state index contributed by atoms with van der Waals surface area (Å²) in [6, 6.07) is 5.95. The second-order valence-electron chi connectivity index (χ2n) is 5.47. The highest BCUT2D eigenvalue weighted by Gasteiger charge is 2.37. The van der Waals surface area contributed by atoms with E-state index in [0.717, 1.165) is 16.5 Å². The normalized spacial score (nSPS) is 22.1. The molecule has 2 fully saturated rings. The Morgan fingerprint density at radius 2 is 2.15 bits per heavy atom. The van der Waals surface area contributed by atoms with Crippen LogP contribution < -0.4 is 0 Å². The van der Waals surface area contributed by atoms with Gasteiger partial charge in [-0.25, -0.2) is 0 Å². The first-order valence-corrected chi connectivity index (χ1v) is 7.71. The van der Waals surface area contributed by atoms with Crippen molar-refractivity contribution in [3.05, 3.63) is 33.8 Å². The monoisotopic (exact) mass is 336 g/mol. The van der Waals surface area contributed by atoms with E-state index < -0.39 is 0 Å². The average molecular weight is 337 g/mol. The Labute approximate surface area is 126 Å². The van der Waals surface area contributed by atoms with Gasteiger partial charge in [0.2, 0.25) is 5.91 Å². The van der Waals surface area contributed by atoms with Gasteiger partial charge in [-0.05, 0) is 40.9 Å². The van der Waals surface area contributed by atoms with Crippen LogP contribution in [0.5, 0.6) is 0 Å². The van der Waals surface area contributed by atoms with Crippen LogP contribution in [0.15, 0.2) is 22.7 Å². The van der Waals surface area contributed by atoms with Crippen molar-refractivity contribution in [2.24, 2.45) is 0 Å². The highest BCUT2D eigenvalue weighted by atomic mass is 79.9. The number of benzene rings is 1. The SMILES string of the molecule is Cc1cccc(C(=O)N2CCN3C(=O)CCC3C2)c1Br. The van der Waals surface area contributed by atoms with Crippen LogP contribution >= 0.6 is 15.9 Å². The first-order chi connectivity index (χ1) is 9.58. The number of nitrogens with zero attached hydrogens (tertiary/aromatic N) is 2. The minimum absolute atomic E-state index is 0.0552. The summed E-state index contributed by atoms with van der Waals surface area (Å²) in [4.78, 5) is 28.1. The van der Waals surface area contributed by atoms with E-state index in [2.05, 4.69) is 15.9 Å². The molecule has 0 spiro atoms. The third-order valence-corrected chi connectivity index (χ3v) is 5.26. The molecule has 0 bridgehead atoms. The number of halogens is 1.